The lowest BCUT2D eigenvalue weighted by atomic mass is 9.97. The number of halogens is 4. The maximum atomic E-state index is 12.3. The van der Waals surface area contributed by atoms with Crippen molar-refractivity contribution in [2.75, 3.05) is 20.2 Å². The van der Waals surface area contributed by atoms with Crippen molar-refractivity contribution in [3.8, 4) is 5.88 Å². The summed E-state index contributed by atoms with van der Waals surface area (Å²) in [7, 11) is 1.65. The summed E-state index contributed by atoms with van der Waals surface area (Å²) in [6.45, 7) is -0.335. The molecule has 27 heavy (non-hydrogen) atoms. The van der Waals surface area contributed by atoms with Gasteiger partial charge in [0.15, 0.2) is 12.6 Å². The fraction of sp³-hybridized carbons (Fsp3) is 0.556. The van der Waals surface area contributed by atoms with Crippen molar-refractivity contribution >= 4 is 29.9 Å². The van der Waals surface area contributed by atoms with E-state index in [0.29, 0.717) is 11.5 Å². The molecule has 9 heteroatoms. The van der Waals surface area contributed by atoms with E-state index in [2.05, 4.69) is 26.7 Å². The highest BCUT2D eigenvalue weighted by molar-refractivity contribution is 14.0. The van der Waals surface area contributed by atoms with Gasteiger partial charge < -0.3 is 15.4 Å². The summed E-state index contributed by atoms with van der Waals surface area (Å²) in [4.78, 5) is 8.01. The van der Waals surface area contributed by atoms with Crippen LogP contribution < -0.4 is 15.4 Å². The van der Waals surface area contributed by atoms with E-state index >= 15 is 0 Å². The number of rotatable bonds is 7. The van der Waals surface area contributed by atoms with Gasteiger partial charge in [0.1, 0.15) is 0 Å². The second-order valence-electron chi connectivity index (χ2n) is 6.08. The van der Waals surface area contributed by atoms with E-state index in [0.717, 1.165) is 25.8 Å². The first-order valence-electron chi connectivity index (χ1n) is 8.74. The smallest absolute Gasteiger partial charge is 0.422 e. The molecule has 0 saturated heterocycles. The Bertz CT molecular complexity index is 635. The fourth-order valence-corrected chi connectivity index (χ4v) is 2.71. The number of aromatic nitrogens is 1. The highest BCUT2D eigenvalue weighted by Gasteiger charge is 2.29. The topological polar surface area (TPSA) is 58.5 Å². The summed E-state index contributed by atoms with van der Waals surface area (Å²) in [6, 6.07) is 3.33. The van der Waals surface area contributed by atoms with Crippen LogP contribution in [0.4, 0.5) is 13.2 Å². The maximum Gasteiger partial charge on any atom is 0.422 e. The molecule has 2 N–H and O–H groups in total. The van der Waals surface area contributed by atoms with Crippen LogP contribution >= 0.6 is 24.0 Å². The van der Waals surface area contributed by atoms with Crippen LogP contribution in [0.1, 0.15) is 37.7 Å². The number of allylic oxidation sites excluding steroid dienone is 1. The highest BCUT2D eigenvalue weighted by Crippen LogP contribution is 2.20. The molecular weight excluding hydrogens is 472 g/mol. The number of nitrogens with one attached hydrogen (secondary N) is 2. The number of hydrogen-bond donors (Lipinski definition) is 2. The van der Waals surface area contributed by atoms with Crippen LogP contribution in [0.3, 0.4) is 0 Å². The summed E-state index contributed by atoms with van der Waals surface area (Å²) in [5.74, 6) is 0.562. The Hall–Kier alpha value is -1.52. The van der Waals surface area contributed by atoms with Crippen molar-refractivity contribution in [2.45, 2.75) is 44.8 Å². The Morgan fingerprint density at radius 2 is 2.11 bits per heavy atom. The van der Waals surface area contributed by atoms with E-state index in [4.69, 9.17) is 4.74 Å². The summed E-state index contributed by atoms with van der Waals surface area (Å²) in [5.41, 5.74) is 2.00. The zero-order valence-corrected chi connectivity index (χ0v) is 17.6. The summed E-state index contributed by atoms with van der Waals surface area (Å²) < 4.78 is 41.8. The normalized spacial score (nSPS) is 14.8. The molecule has 0 radical (unpaired) electrons. The second kappa shape index (κ2) is 12.0. The van der Waals surface area contributed by atoms with Gasteiger partial charge in [0.2, 0.25) is 5.88 Å². The van der Waals surface area contributed by atoms with Crippen molar-refractivity contribution < 1.29 is 17.9 Å². The lowest BCUT2D eigenvalue weighted by Gasteiger charge is -2.16. The molecule has 0 unspecified atom stereocenters. The van der Waals surface area contributed by atoms with Gasteiger partial charge in [-0.05, 0) is 38.2 Å². The van der Waals surface area contributed by atoms with Crippen molar-refractivity contribution in [3.63, 3.8) is 0 Å². The average molecular weight is 498 g/mol. The molecule has 5 nitrogen and oxygen atoms in total. The number of pyridine rings is 1. The first-order valence-corrected chi connectivity index (χ1v) is 8.74. The minimum atomic E-state index is -4.40. The predicted octanol–water partition coefficient (Wildman–Crippen LogP) is 4.20. The zero-order chi connectivity index (χ0) is 18.8. The monoisotopic (exact) mass is 498 g/mol. The van der Waals surface area contributed by atoms with Gasteiger partial charge in [0.05, 0.1) is 0 Å². The number of hydrogen-bond acceptors (Lipinski definition) is 3. The van der Waals surface area contributed by atoms with Crippen molar-refractivity contribution in [2.24, 2.45) is 4.99 Å². The number of aliphatic imine (C=N–C) groups is 1. The quantitative estimate of drug-likeness (QED) is 0.256. The molecule has 0 aliphatic heterocycles. The number of guanidine groups is 1. The van der Waals surface area contributed by atoms with Crippen molar-refractivity contribution in [3.05, 3.63) is 35.5 Å². The third-order valence-corrected chi connectivity index (χ3v) is 4.02. The van der Waals surface area contributed by atoms with Crippen LogP contribution in [0.25, 0.3) is 0 Å². The van der Waals surface area contributed by atoms with E-state index in [-0.39, 0.29) is 36.4 Å². The average Bonchev–Trinajstić information content (AvgIpc) is 2.63. The lowest BCUT2D eigenvalue weighted by Crippen LogP contribution is -2.37. The Kier molecular flexibility index (Phi) is 10.5. The van der Waals surface area contributed by atoms with Crippen LogP contribution in [0.15, 0.2) is 35.0 Å². The molecule has 0 amide bonds. The largest absolute Gasteiger partial charge is 0.468 e. The van der Waals surface area contributed by atoms with E-state index in [9.17, 15) is 13.2 Å². The first kappa shape index (κ1) is 23.5. The minimum Gasteiger partial charge on any atom is -0.468 e. The van der Waals surface area contributed by atoms with Gasteiger partial charge >= 0.3 is 6.18 Å². The molecular formula is C18H26F3IN4O. The van der Waals surface area contributed by atoms with Crippen LogP contribution in [0, 0.1) is 0 Å². The van der Waals surface area contributed by atoms with Gasteiger partial charge in [-0.25, -0.2) is 4.98 Å². The number of ether oxygens (including phenoxy) is 1. The van der Waals surface area contributed by atoms with Gasteiger partial charge in [-0.15, -0.1) is 24.0 Å². The number of alkyl halides is 3. The van der Waals surface area contributed by atoms with E-state index in [1.54, 1.807) is 19.2 Å². The molecule has 1 aromatic heterocycles. The molecule has 0 aromatic carbocycles. The van der Waals surface area contributed by atoms with Gasteiger partial charge in [0, 0.05) is 31.9 Å². The standard InChI is InChI=1S/C18H25F3N4O.HI/c1-22-17(24-11-9-14-6-3-2-4-7-14)25-12-15-8-5-10-23-16(15)26-13-18(19,20)21;/h5-6,8,10H,2-4,7,9,11-13H2,1H3,(H2,22,24,25);1H. The van der Waals surface area contributed by atoms with Crippen LogP contribution in [-0.4, -0.2) is 37.3 Å². The zero-order valence-electron chi connectivity index (χ0n) is 15.3. The molecule has 0 bridgehead atoms. The molecule has 1 aliphatic carbocycles. The van der Waals surface area contributed by atoms with E-state index < -0.39 is 12.8 Å². The van der Waals surface area contributed by atoms with Crippen LogP contribution in [0.5, 0.6) is 5.88 Å². The molecule has 1 heterocycles. The highest BCUT2D eigenvalue weighted by atomic mass is 127. The van der Waals surface area contributed by atoms with Gasteiger partial charge in [0.25, 0.3) is 0 Å². The molecule has 1 aliphatic rings. The van der Waals surface area contributed by atoms with Crippen LogP contribution in [0.2, 0.25) is 0 Å². The van der Waals surface area contributed by atoms with E-state index in [1.807, 2.05) is 0 Å². The third kappa shape index (κ3) is 9.30. The Labute approximate surface area is 174 Å². The molecule has 1 aromatic rings. The van der Waals surface area contributed by atoms with Gasteiger partial charge in [-0.1, -0.05) is 17.7 Å². The molecule has 2 rings (SSSR count). The fourth-order valence-electron chi connectivity index (χ4n) is 2.71. The maximum absolute atomic E-state index is 12.3. The Balaban J connectivity index is 0.00000364. The predicted molar refractivity (Wildman–Crippen MR) is 111 cm³/mol. The van der Waals surface area contributed by atoms with Crippen molar-refractivity contribution in [1.82, 2.24) is 15.6 Å². The second-order valence-corrected chi connectivity index (χ2v) is 6.08. The lowest BCUT2D eigenvalue weighted by molar-refractivity contribution is -0.154. The molecule has 0 fully saturated rings. The molecule has 0 atom stereocenters. The summed E-state index contributed by atoms with van der Waals surface area (Å²) >= 11 is 0. The Morgan fingerprint density at radius 1 is 1.30 bits per heavy atom. The Morgan fingerprint density at radius 3 is 2.78 bits per heavy atom. The van der Waals surface area contributed by atoms with E-state index in [1.165, 1.54) is 24.6 Å². The third-order valence-electron chi connectivity index (χ3n) is 4.02. The van der Waals surface area contributed by atoms with Crippen LogP contribution in [-0.2, 0) is 6.54 Å². The molecule has 152 valence electrons. The summed E-state index contributed by atoms with van der Waals surface area (Å²) in [5, 5.41) is 6.30. The molecule has 0 spiro atoms. The molecule has 0 saturated carbocycles. The van der Waals surface area contributed by atoms with Gasteiger partial charge in [-0.2, -0.15) is 13.2 Å². The SMILES string of the molecule is CN=C(NCCC1=CCCCC1)NCc1cccnc1OCC(F)(F)F.I. The number of nitrogens with zero attached hydrogens (tertiary/aromatic N) is 2. The first-order chi connectivity index (χ1) is 12.5. The minimum absolute atomic E-state index is 0. The summed E-state index contributed by atoms with van der Waals surface area (Å²) in [6.07, 6.45) is 5.11. The van der Waals surface area contributed by atoms with Gasteiger partial charge in [-0.3, -0.25) is 4.99 Å². The van der Waals surface area contributed by atoms with Crippen molar-refractivity contribution in [1.29, 1.82) is 0 Å².